The second-order valence-corrected chi connectivity index (χ2v) is 14.6. The van der Waals surface area contributed by atoms with Gasteiger partial charge in [0.15, 0.2) is 12.7 Å². The number of unbranched alkanes of at least 4 members (excludes halogenated alkanes) is 3. The van der Waals surface area contributed by atoms with Gasteiger partial charge >= 0.3 is 6.09 Å². The molecule has 284 valence electrons. The van der Waals surface area contributed by atoms with Crippen molar-refractivity contribution >= 4 is 23.4 Å². The SMILES string of the molecule is CCCCCC(CCCN1C(O)Nc2ccccc2C1O)C(=O)NCCCCN(CCCN1C(O)Nc2ccccc2C1O)C(=O)OC(C)(C)C. The Labute approximate surface area is 303 Å². The van der Waals surface area contributed by atoms with Gasteiger partial charge in [-0.1, -0.05) is 62.6 Å². The number of carbonyl (C=O) groups excluding carboxylic acids is 2. The molecule has 0 saturated carbocycles. The van der Waals surface area contributed by atoms with Crippen LogP contribution in [0.2, 0.25) is 0 Å². The van der Waals surface area contributed by atoms with E-state index in [4.69, 9.17) is 4.74 Å². The maximum absolute atomic E-state index is 13.3. The number of hydrogen-bond acceptors (Lipinski definition) is 11. The Morgan fingerprint density at radius 2 is 1.31 bits per heavy atom. The lowest BCUT2D eigenvalue weighted by molar-refractivity contribution is -0.125. The van der Waals surface area contributed by atoms with Gasteiger partial charge in [0, 0.05) is 61.1 Å². The predicted octanol–water partition coefficient (Wildman–Crippen LogP) is 4.88. The number of rotatable bonds is 18. The number of hydrogen-bond donors (Lipinski definition) is 7. The van der Waals surface area contributed by atoms with E-state index in [0.717, 1.165) is 25.7 Å². The molecule has 2 amide bonds. The number of nitrogens with zero attached hydrogens (tertiary/aromatic N) is 3. The standard InChI is InChI=1S/C38H60N6O7/c1-5-6-7-16-27(17-14-25-43-33(46)28-18-8-10-20-30(28)40-35(43)48)32(45)39-22-12-13-23-42(37(50)51-38(2,3)4)24-15-26-44-34(47)29-19-9-11-21-31(29)41-36(44)49/h8-11,18-21,27,33-36,40-41,46-49H,5-7,12-17,22-26H2,1-4H3,(H,39,45). The molecule has 51 heavy (non-hydrogen) atoms. The molecule has 2 aliphatic heterocycles. The Hall–Kier alpha value is -3.46. The van der Waals surface area contributed by atoms with Crippen LogP contribution in [0.4, 0.5) is 16.2 Å². The second kappa shape index (κ2) is 19.4. The second-order valence-electron chi connectivity index (χ2n) is 14.6. The number of nitrogens with one attached hydrogen (secondary N) is 3. The molecule has 5 atom stereocenters. The number of fused-ring (bicyclic) bond motifs is 2. The summed E-state index contributed by atoms with van der Waals surface area (Å²) in [6.45, 7) is 9.68. The summed E-state index contributed by atoms with van der Waals surface area (Å²) in [5.74, 6) is -0.164. The lowest BCUT2D eigenvalue weighted by atomic mass is 9.95. The van der Waals surface area contributed by atoms with E-state index in [2.05, 4.69) is 22.9 Å². The van der Waals surface area contributed by atoms with Gasteiger partial charge in [0.1, 0.15) is 18.1 Å². The third-order valence-electron chi connectivity index (χ3n) is 9.45. The van der Waals surface area contributed by atoms with E-state index >= 15 is 0 Å². The zero-order valence-electron chi connectivity index (χ0n) is 30.8. The van der Waals surface area contributed by atoms with Gasteiger partial charge in [0.25, 0.3) is 0 Å². The van der Waals surface area contributed by atoms with Crippen molar-refractivity contribution in [1.29, 1.82) is 0 Å². The van der Waals surface area contributed by atoms with E-state index in [-0.39, 0.29) is 11.8 Å². The van der Waals surface area contributed by atoms with Crippen LogP contribution in [0.3, 0.4) is 0 Å². The van der Waals surface area contributed by atoms with E-state index < -0.39 is 36.9 Å². The van der Waals surface area contributed by atoms with Crippen LogP contribution in [0.1, 0.15) is 109 Å². The van der Waals surface area contributed by atoms with E-state index in [9.17, 15) is 30.0 Å². The number of amides is 2. The summed E-state index contributed by atoms with van der Waals surface area (Å²) in [4.78, 5) is 31.2. The number of aliphatic hydroxyl groups excluding tert-OH is 4. The summed E-state index contributed by atoms with van der Waals surface area (Å²) >= 11 is 0. The number of carbonyl (C=O) groups is 2. The fourth-order valence-corrected chi connectivity index (χ4v) is 6.68. The van der Waals surface area contributed by atoms with Crippen LogP contribution in [0.15, 0.2) is 48.5 Å². The molecule has 13 heteroatoms. The summed E-state index contributed by atoms with van der Waals surface area (Å²) in [5.41, 5.74) is 2.14. The summed E-state index contributed by atoms with van der Waals surface area (Å²) in [6.07, 6.45) is 2.56. The molecule has 0 fully saturated rings. The molecule has 4 rings (SSSR count). The topological polar surface area (TPSA) is 170 Å². The Bertz CT molecular complexity index is 1390. The Morgan fingerprint density at radius 1 is 0.784 bits per heavy atom. The minimum atomic E-state index is -1.06. The molecular formula is C38H60N6O7. The molecule has 2 aliphatic rings. The zero-order chi connectivity index (χ0) is 37.0. The van der Waals surface area contributed by atoms with Gasteiger partial charge in [-0.05, 0) is 71.4 Å². The average molecular weight is 713 g/mol. The minimum absolute atomic E-state index is 0.00661. The molecule has 2 aromatic rings. The smallest absolute Gasteiger partial charge is 0.410 e. The first-order chi connectivity index (χ1) is 24.4. The number of para-hydroxylation sites is 2. The number of benzene rings is 2. The third kappa shape index (κ3) is 11.8. The van der Waals surface area contributed by atoms with Crippen molar-refractivity contribution in [1.82, 2.24) is 20.0 Å². The number of ether oxygens (including phenoxy) is 1. The van der Waals surface area contributed by atoms with Gasteiger partial charge in [0.05, 0.1) is 0 Å². The molecular weight excluding hydrogens is 652 g/mol. The van der Waals surface area contributed by atoms with E-state index in [1.165, 1.54) is 0 Å². The van der Waals surface area contributed by atoms with Crippen molar-refractivity contribution in [2.24, 2.45) is 5.92 Å². The van der Waals surface area contributed by atoms with Crippen LogP contribution in [0.25, 0.3) is 0 Å². The number of aliphatic hydroxyl groups is 4. The molecule has 2 aromatic carbocycles. The highest BCUT2D eigenvalue weighted by Crippen LogP contribution is 2.33. The summed E-state index contributed by atoms with van der Waals surface area (Å²) in [5, 5.41) is 52.1. The molecule has 0 radical (unpaired) electrons. The van der Waals surface area contributed by atoms with Gasteiger partial charge < -0.3 is 46.0 Å². The van der Waals surface area contributed by atoms with E-state index in [0.29, 0.717) is 87.3 Å². The predicted molar refractivity (Wildman–Crippen MR) is 197 cm³/mol. The monoisotopic (exact) mass is 712 g/mol. The third-order valence-corrected chi connectivity index (χ3v) is 9.45. The molecule has 2 heterocycles. The van der Waals surface area contributed by atoms with Crippen molar-refractivity contribution in [2.75, 3.05) is 43.4 Å². The Kier molecular flexibility index (Phi) is 15.3. The highest BCUT2D eigenvalue weighted by atomic mass is 16.6. The summed E-state index contributed by atoms with van der Waals surface area (Å²) < 4.78 is 5.67. The largest absolute Gasteiger partial charge is 0.444 e. The molecule has 0 bridgehead atoms. The minimum Gasteiger partial charge on any atom is -0.444 e. The van der Waals surface area contributed by atoms with E-state index in [1.807, 2.05) is 69.3 Å². The van der Waals surface area contributed by atoms with Crippen LogP contribution < -0.4 is 16.0 Å². The van der Waals surface area contributed by atoms with Crippen LogP contribution in [0, 0.1) is 5.92 Å². The van der Waals surface area contributed by atoms with Crippen LogP contribution >= 0.6 is 0 Å². The lowest BCUT2D eigenvalue weighted by Gasteiger charge is -2.39. The van der Waals surface area contributed by atoms with Crippen LogP contribution in [-0.4, -0.2) is 98.2 Å². The molecule has 13 nitrogen and oxygen atoms in total. The van der Waals surface area contributed by atoms with E-state index in [1.54, 1.807) is 14.7 Å². The van der Waals surface area contributed by atoms with Crippen LogP contribution in [0.5, 0.6) is 0 Å². The molecule has 0 saturated heterocycles. The first-order valence-electron chi connectivity index (χ1n) is 18.6. The molecule has 5 unspecified atom stereocenters. The molecule has 0 aromatic heterocycles. The first-order valence-corrected chi connectivity index (χ1v) is 18.6. The van der Waals surface area contributed by atoms with Crippen molar-refractivity contribution in [3.05, 3.63) is 59.7 Å². The normalized spacial score (nSPS) is 21.1. The Balaban J connectivity index is 1.24. The lowest BCUT2D eigenvalue weighted by Crippen LogP contribution is -2.48. The summed E-state index contributed by atoms with van der Waals surface area (Å²) in [6, 6.07) is 14.7. The van der Waals surface area contributed by atoms with Crippen molar-refractivity contribution < 1.29 is 34.8 Å². The van der Waals surface area contributed by atoms with Crippen molar-refractivity contribution in [3.63, 3.8) is 0 Å². The van der Waals surface area contributed by atoms with Gasteiger partial charge in [0.2, 0.25) is 5.91 Å². The maximum Gasteiger partial charge on any atom is 0.410 e. The fourth-order valence-electron chi connectivity index (χ4n) is 6.68. The van der Waals surface area contributed by atoms with Gasteiger partial charge in [-0.2, -0.15) is 0 Å². The maximum atomic E-state index is 13.3. The summed E-state index contributed by atoms with van der Waals surface area (Å²) in [7, 11) is 0. The number of anilines is 2. The van der Waals surface area contributed by atoms with Crippen molar-refractivity contribution in [3.8, 4) is 0 Å². The van der Waals surface area contributed by atoms with Gasteiger partial charge in [-0.25, -0.2) is 14.6 Å². The molecule has 0 aliphatic carbocycles. The highest BCUT2D eigenvalue weighted by Gasteiger charge is 2.33. The highest BCUT2D eigenvalue weighted by molar-refractivity contribution is 5.78. The quantitative estimate of drug-likeness (QED) is 0.105. The fraction of sp³-hybridized carbons (Fsp3) is 0.632. The average Bonchev–Trinajstić information content (AvgIpc) is 3.08. The van der Waals surface area contributed by atoms with Crippen molar-refractivity contribution in [2.45, 2.75) is 116 Å². The molecule has 7 N–H and O–H groups in total. The Morgan fingerprint density at radius 3 is 1.88 bits per heavy atom. The van der Waals surface area contributed by atoms with Gasteiger partial charge in [-0.15, -0.1) is 0 Å². The van der Waals surface area contributed by atoms with Crippen LogP contribution in [-0.2, 0) is 9.53 Å². The molecule has 0 spiro atoms. The first kappa shape index (κ1) is 40.3. The van der Waals surface area contributed by atoms with Gasteiger partial charge in [-0.3, -0.25) is 4.79 Å². The zero-order valence-corrected chi connectivity index (χ0v) is 30.8.